The second-order valence-corrected chi connectivity index (χ2v) is 6.00. The summed E-state index contributed by atoms with van der Waals surface area (Å²) in [5, 5.41) is 8.58. The van der Waals surface area contributed by atoms with Crippen molar-refractivity contribution in [2.45, 2.75) is 71.4 Å². The van der Waals surface area contributed by atoms with Crippen LogP contribution in [-0.2, 0) is 0 Å². The average molecular weight is 250 g/mol. The fourth-order valence-electron chi connectivity index (χ4n) is 3.04. The van der Waals surface area contributed by atoms with Crippen molar-refractivity contribution < 1.29 is 0 Å². The second kappa shape index (κ2) is 5.83. The molecule has 0 spiro atoms. The summed E-state index contributed by atoms with van der Waals surface area (Å²) >= 11 is 0. The van der Waals surface area contributed by atoms with E-state index in [1.54, 1.807) is 0 Å². The monoisotopic (exact) mass is 250 g/mol. The van der Waals surface area contributed by atoms with E-state index in [1.807, 2.05) is 6.92 Å². The summed E-state index contributed by atoms with van der Waals surface area (Å²) in [5.41, 5.74) is 6.29. The quantitative estimate of drug-likeness (QED) is 0.893. The normalized spacial score (nSPS) is 19.4. The van der Waals surface area contributed by atoms with Crippen LogP contribution in [0.4, 0.5) is 0 Å². The van der Waals surface area contributed by atoms with Crippen LogP contribution in [0.1, 0.15) is 76.1 Å². The molecule has 1 heterocycles. The van der Waals surface area contributed by atoms with E-state index >= 15 is 0 Å². The van der Waals surface area contributed by atoms with Crippen LogP contribution in [0.15, 0.2) is 0 Å². The lowest BCUT2D eigenvalue weighted by Crippen LogP contribution is -2.23. The van der Waals surface area contributed by atoms with E-state index in [0.29, 0.717) is 12.0 Å². The standard InChI is InChI=1S/C14H26N4/c1-10(2)9-13(15)14-17-16-11(3)18(14)12-7-5-4-6-8-12/h10,12-13H,4-9,15H2,1-3H3/t13-/m0/s1. The maximum atomic E-state index is 6.29. The van der Waals surface area contributed by atoms with Gasteiger partial charge in [-0.15, -0.1) is 10.2 Å². The molecule has 1 saturated carbocycles. The minimum atomic E-state index is 0.0214. The van der Waals surface area contributed by atoms with Gasteiger partial charge in [0.15, 0.2) is 0 Å². The van der Waals surface area contributed by atoms with E-state index in [4.69, 9.17) is 5.73 Å². The summed E-state index contributed by atoms with van der Waals surface area (Å²) < 4.78 is 2.31. The first-order valence-corrected chi connectivity index (χ1v) is 7.26. The van der Waals surface area contributed by atoms with Gasteiger partial charge >= 0.3 is 0 Å². The van der Waals surface area contributed by atoms with Crippen molar-refractivity contribution >= 4 is 0 Å². The third-order valence-electron chi connectivity index (χ3n) is 3.89. The number of nitrogens with two attached hydrogens (primary N) is 1. The van der Waals surface area contributed by atoms with E-state index in [2.05, 4.69) is 28.6 Å². The van der Waals surface area contributed by atoms with Gasteiger partial charge in [-0.2, -0.15) is 0 Å². The lowest BCUT2D eigenvalue weighted by molar-refractivity contribution is 0.331. The molecule has 4 nitrogen and oxygen atoms in total. The smallest absolute Gasteiger partial charge is 0.150 e. The average Bonchev–Trinajstić information content (AvgIpc) is 2.71. The van der Waals surface area contributed by atoms with Crippen molar-refractivity contribution in [1.82, 2.24) is 14.8 Å². The fourth-order valence-corrected chi connectivity index (χ4v) is 3.04. The van der Waals surface area contributed by atoms with E-state index in [1.165, 1.54) is 32.1 Å². The summed E-state index contributed by atoms with van der Waals surface area (Å²) in [6, 6.07) is 0.593. The minimum absolute atomic E-state index is 0.0214. The Labute approximate surface area is 110 Å². The Morgan fingerprint density at radius 1 is 1.22 bits per heavy atom. The van der Waals surface area contributed by atoms with Gasteiger partial charge in [0, 0.05) is 6.04 Å². The zero-order valence-electron chi connectivity index (χ0n) is 11.9. The van der Waals surface area contributed by atoms with Gasteiger partial charge in [-0.25, -0.2) is 0 Å². The maximum absolute atomic E-state index is 6.29. The summed E-state index contributed by atoms with van der Waals surface area (Å²) in [6.07, 6.45) is 7.48. The first-order valence-electron chi connectivity index (χ1n) is 7.26. The van der Waals surface area contributed by atoms with Gasteiger partial charge in [0.2, 0.25) is 0 Å². The Balaban J connectivity index is 2.20. The topological polar surface area (TPSA) is 56.7 Å². The van der Waals surface area contributed by atoms with Crippen molar-refractivity contribution in [2.75, 3.05) is 0 Å². The van der Waals surface area contributed by atoms with Crippen molar-refractivity contribution in [1.29, 1.82) is 0 Å². The molecule has 0 amide bonds. The molecule has 18 heavy (non-hydrogen) atoms. The number of nitrogens with zero attached hydrogens (tertiary/aromatic N) is 3. The summed E-state index contributed by atoms with van der Waals surface area (Å²) in [4.78, 5) is 0. The lowest BCUT2D eigenvalue weighted by atomic mass is 9.94. The Kier molecular flexibility index (Phi) is 4.38. The Morgan fingerprint density at radius 2 is 1.89 bits per heavy atom. The molecule has 1 aliphatic carbocycles. The van der Waals surface area contributed by atoms with Crippen LogP contribution in [-0.4, -0.2) is 14.8 Å². The number of hydrogen-bond acceptors (Lipinski definition) is 3. The van der Waals surface area contributed by atoms with E-state index in [0.717, 1.165) is 18.1 Å². The van der Waals surface area contributed by atoms with Crippen LogP contribution in [0.5, 0.6) is 0 Å². The molecule has 1 aromatic rings. The lowest BCUT2D eigenvalue weighted by Gasteiger charge is -2.27. The van der Waals surface area contributed by atoms with Gasteiger partial charge < -0.3 is 10.3 Å². The SMILES string of the molecule is Cc1nnc([C@@H](N)CC(C)C)n1C1CCCCC1. The first kappa shape index (κ1) is 13.5. The zero-order valence-corrected chi connectivity index (χ0v) is 11.9. The molecule has 1 atom stereocenters. The minimum Gasteiger partial charge on any atom is -0.321 e. The third kappa shape index (κ3) is 2.91. The largest absolute Gasteiger partial charge is 0.321 e. The fraction of sp³-hybridized carbons (Fsp3) is 0.857. The summed E-state index contributed by atoms with van der Waals surface area (Å²) in [6.45, 7) is 6.45. The maximum Gasteiger partial charge on any atom is 0.150 e. The van der Waals surface area contributed by atoms with Gasteiger partial charge in [0.05, 0.1) is 6.04 Å². The van der Waals surface area contributed by atoms with Crippen LogP contribution < -0.4 is 5.73 Å². The zero-order chi connectivity index (χ0) is 13.1. The van der Waals surface area contributed by atoms with Crippen LogP contribution in [0.2, 0.25) is 0 Å². The summed E-state index contributed by atoms with van der Waals surface area (Å²) in [5.74, 6) is 2.61. The number of rotatable bonds is 4. The number of aromatic nitrogens is 3. The molecule has 0 radical (unpaired) electrons. The van der Waals surface area contributed by atoms with Crippen molar-refractivity contribution in [3.8, 4) is 0 Å². The van der Waals surface area contributed by atoms with Crippen LogP contribution in [0.25, 0.3) is 0 Å². The van der Waals surface area contributed by atoms with E-state index in [-0.39, 0.29) is 6.04 Å². The molecule has 0 saturated heterocycles. The van der Waals surface area contributed by atoms with Crippen LogP contribution in [0.3, 0.4) is 0 Å². The third-order valence-corrected chi connectivity index (χ3v) is 3.89. The Bertz CT molecular complexity index is 377. The number of hydrogen-bond donors (Lipinski definition) is 1. The first-order chi connectivity index (χ1) is 8.59. The Hall–Kier alpha value is -0.900. The molecule has 1 aromatic heterocycles. The van der Waals surface area contributed by atoms with Gasteiger partial charge in [0.1, 0.15) is 11.6 Å². The molecule has 0 unspecified atom stereocenters. The Morgan fingerprint density at radius 3 is 2.50 bits per heavy atom. The van der Waals surface area contributed by atoms with Crippen LogP contribution in [0, 0.1) is 12.8 Å². The highest BCUT2D eigenvalue weighted by molar-refractivity contribution is 5.02. The molecule has 1 fully saturated rings. The molecule has 2 rings (SSSR count). The van der Waals surface area contributed by atoms with Crippen LogP contribution >= 0.6 is 0 Å². The summed E-state index contributed by atoms with van der Waals surface area (Å²) in [7, 11) is 0. The molecule has 0 bridgehead atoms. The molecule has 102 valence electrons. The van der Waals surface area contributed by atoms with Gasteiger partial charge in [-0.3, -0.25) is 0 Å². The van der Waals surface area contributed by atoms with Crippen molar-refractivity contribution in [2.24, 2.45) is 11.7 Å². The van der Waals surface area contributed by atoms with Crippen molar-refractivity contribution in [3.05, 3.63) is 11.6 Å². The molecule has 0 aromatic carbocycles. The highest BCUT2D eigenvalue weighted by atomic mass is 15.3. The van der Waals surface area contributed by atoms with E-state index < -0.39 is 0 Å². The predicted octanol–water partition coefficient (Wildman–Crippen LogP) is 3.14. The highest BCUT2D eigenvalue weighted by Gasteiger charge is 2.24. The molecular formula is C14H26N4. The highest BCUT2D eigenvalue weighted by Crippen LogP contribution is 2.31. The molecule has 0 aliphatic heterocycles. The predicted molar refractivity (Wildman–Crippen MR) is 73.3 cm³/mol. The van der Waals surface area contributed by atoms with Gasteiger partial charge in [0.25, 0.3) is 0 Å². The molecule has 4 heteroatoms. The number of aryl methyl sites for hydroxylation is 1. The van der Waals surface area contributed by atoms with Gasteiger partial charge in [-0.05, 0) is 32.1 Å². The molecule has 1 aliphatic rings. The van der Waals surface area contributed by atoms with Crippen molar-refractivity contribution in [3.63, 3.8) is 0 Å². The molecular weight excluding hydrogens is 224 g/mol. The second-order valence-electron chi connectivity index (χ2n) is 6.00. The van der Waals surface area contributed by atoms with Gasteiger partial charge in [-0.1, -0.05) is 33.1 Å². The van der Waals surface area contributed by atoms with E-state index in [9.17, 15) is 0 Å². The molecule has 2 N–H and O–H groups in total.